The quantitative estimate of drug-likeness (QED) is 0.0371. The van der Waals surface area contributed by atoms with Gasteiger partial charge in [-0.1, -0.05) is 6.07 Å². The molecule has 18 nitrogen and oxygen atoms in total. The van der Waals surface area contributed by atoms with Crippen LogP contribution in [0.3, 0.4) is 0 Å². The summed E-state index contributed by atoms with van der Waals surface area (Å²) in [6.07, 6.45) is 0. The topological polar surface area (TPSA) is 243 Å². The van der Waals surface area contributed by atoms with Crippen molar-refractivity contribution in [2.24, 2.45) is 5.73 Å². The van der Waals surface area contributed by atoms with Gasteiger partial charge in [-0.15, -0.1) is 0 Å². The maximum atomic E-state index is 12.9. The number of nitrogens with one attached hydrogen (secondary N) is 5. The molecule has 19 heteroatoms. The van der Waals surface area contributed by atoms with Crippen LogP contribution in [0.25, 0.3) is 0 Å². The summed E-state index contributed by atoms with van der Waals surface area (Å²) in [6, 6.07) is 3.29. The van der Waals surface area contributed by atoms with Crippen LogP contribution in [0.5, 0.6) is 0 Å². The third kappa shape index (κ3) is 16.1. The lowest BCUT2D eigenvalue weighted by Crippen LogP contribution is -2.46. The van der Waals surface area contributed by atoms with Crippen LogP contribution >= 0.6 is 7.82 Å². The summed E-state index contributed by atoms with van der Waals surface area (Å²) in [4.78, 5) is 71.5. The van der Waals surface area contributed by atoms with Gasteiger partial charge in [0.25, 0.3) is 12.4 Å². The third-order valence-electron chi connectivity index (χ3n) is 5.65. The van der Waals surface area contributed by atoms with Gasteiger partial charge in [0.1, 0.15) is 32.4 Å². The fourth-order valence-electron chi connectivity index (χ4n) is 3.21. The number of hydrogen-bond donors (Lipinski definition) is 6. The van der Waals surface area contributed by atoms with Crippen molar-refractivity contribution in [3.8, 4) is 0 Å². The number of amides is 5. The molecule has 0 saturated carbocycles. The maximum absolute atomic E-state index is 12.9. The van der Waals surface area contributed by atoms with Crippen molar-refractivity contribution in [1.82, 2.24) is 21.3 Å². The van der Waals surface area contributed by atoms with Crippen LogP contribution in [-0.4, -0.2) is 121 Å². The maximum Gasteiger partial charge on any atom is 0.475 e. The third-order valence-corrected chi connectivity index (χ3v) is 7.04. The largest absolute Gasteiger partial charge is 0.475 e. The van der Waals surface area contributed by atoms with E-state index in [1.807, 2.05) is 21.1 Å². The number of nitrogens with two attached hydrogens (primary N) is 1. The first kappa shape index (κ1) is 39.1. The van der Waals surface area contributed by atoms with Gasteiger partial charge >= 0.3 is 7.82 Å². The normalized spacial score (nSPS) is 13.0. The Hall–Kier alpha value is -3.93. The number of benzene rings is 1. The van der Waals surface area contributed by atoms with Crippen LogP contribution < -0.4 is 32.3 Å². The zero-order chi connectivity index (χ0) is 34.0. The van der Waals surface area contributed by atoms with Gasteiger partial charge in [0.2, 0.25) is 23.6 Å². The van der Waals surface area contributed by atoms with Crippen LogP contribution in [-0.2, 0) is 53.5 Å². The van der Waals surface area contributed by atoms with Crippen molar-refractivity contribution in [2.45, 2.75) is 19.6 Å². The van der Waals surface area contributed by atoms with Crippen LogP contribution in [0.15, 0.2) is 18.2 Å². The Bertz CT molecular complexity index is 1240. The lowest BCUT2D eigenvalue weighted by atomic mass is 10.1. The van der Waals surface area contributed by atoms with E-state index >= 15 is 0 Å². The molecule has 1 aromatic carbocycles. The second kappa shape index (κ2) is 19.5. The van der Waals surface area contributed by atoms with Crippen LogP contribution in [0.2, 0.25) is 0 Å². The van der Waals surface area contributed by atoms with Crippen LogP contribution in [0.4, 0.5) is 5.69 Å². The second-order valence-electron chi connectivity index (χ2n) is 10.4. The molecule has 0 fully saturated rings. The van der Waals surface area contributed by atoms with E-state index in [9.17, 15) is 33.3 Å². The fraction of sp³-hybridized carbons (Fsp3) is 0.538. The summed E-state index contributed by atoms with van der Waals surface area (Å²) in [5.74, 6) is -3.00. The minimum Gasteiger partial charge on any atom is -0.463 e. The number of rotatable bonds is 21. The molecule has 0 spiro atoms. The van der Waals surface area contributed by atoms with E-state index in [4.69, 9.17) is 24.0 Å². The average Bonchev–Trinajstić information content (AvgIpc) is 2.99. The second-order valence-corrected chi connectivity index (χ2v) is 12.2. The van der Waals surface area contributed by atoms with Crippen molar-refractivity contribution < 1.29 is 56.1 Å². The smallest absolute Gasteiger partial charge is 0.463 e. The number of phosphoric acid groups is 1. The molecule has 0 aromatic heterocycles. The van der Waals surface area contributed by atoms with Crippen molar-refractivity contribution >= 4 is 49.5 Å². The Morgan fingerprint density at radius 3 is 2.31 bits per heavy atom. The molecule has 1 rings (SSSR count). The number of phosphoric ester groups is 1. The highest BCUT2D eigenvalue weighted by Crippen LogP contribution is 2.48. The highest BCUT2D eigenvalue weighted by atomic mass is 31.2. The van der Waals surface area contributed by atoms with Gasteiger partial charge in [0.15, 0.2) is 0 Å². The van der Waals surface area contributed by atoms with Crippen molar-refractivity contribution in [1.29, 1.82) is 0 Å². The highest BCUT2D eigenvalue weighted by molar-refractivity contribution is 7.48. The molecule has 2 atom stereocenters. The SMILES string of the molecule is COP(=O)(OCC[N+](C)(C)C)OCC(=O)NCCNC(=O)c1cc(NC(=O)C(C)NC(=O)CNC(=O)CN)ccc1COC=O. The zero-order valence-corrected chi connectivity index (χ0v) is 26.9. The number of carbonyl (C=O) groups is 6. The molecule has 45 heavy (non-hydrogen) atoms. The molecule has 0 aliphatic carbocycles. The predicted octanol–water partition coefficient (Wildman–Crippen LogP) is -1.78. The molecule has 0 radical (unpaired) electrons. The van der Waals surface area contributed by atoms with E-state index in [0.717, 1.165) is 7.11 Å². The lowest BCUT2D eigenvalue weighted by molar-refractivity contribution is -0.870. The van der Waals surface area contributed by atoms with Gasteiger partial charge in [-0.25, -0.2) is 4.57 Å². The Labute approximate surface area is 261 Å². The molecule has 0 heterocycles. The molecule has 1 aromatic rings. The lowest BCUT2D eigenvalue weighted by Gasteiger charge is -2.24. The molecule has 2 unspecified atom stereocenters. The summed E-state index contributed by atoms with van der Waals surface area (Å²) < 4.78 is 32.9. The van der Waals surface area contributed by atoms with Gasteiger partial charge in [-0.3, -0.25) is 42.3 Å². The molecule has 252 valence electrons. The van der Waals surface area contributed by atoms with Crippen LogP contribution in [0, 0.1) is 0 Å². The Morgan fingerprint density at radius 2 is 1.69 bits per heavy atom. The van der Waals surface area contributed by atoms with Gasteiger partial charge in [-0.05, 0) is 19.1 Å². The molecule has 0 aliphatic rings. The molecule has 0 aliphatic heterocycles. The number of ether oxygens (including phenoxy) is 1. The first-order chi connectivity index (χ1) is 21.1. The molecule has 0 saturated heterocycles. The Kier molecular flexibility index (Phi) is 16.9. The van der Waals surface area contributed by atoms with Crippen LogP contribution in [0.1, 0.15) is 22.8 Å². The number of quaternary nitrogens is 1. The summed E-state index contributed by atoms with van der Waals surface area (Å²) in [6.45, 7) is 0.700. The summed E-state index contributed by atoms with van der Waals surface area (Å²) in [5, 5.41) is 12.4. The van der Waals surface area contributed by atoms with Crippen molar-refractivity contribution in [3.63, 3.8) is 0 Å². The van der Waals surface area contributed by atoms with Crippen molar-refractivity contribution in [2.75, 3.05) is 79.5 Å². The summed E-state index contributed by atoms with van der Waals surface area (Å²) in [7, 11) is 2.97. The molecule has 0 bridgehead atoms. The minimum atomic E-state index is -3.93. The Balaban J connectivity index is 2.69. The summed E-state index contributed by atoms with van der Waals surface area (Å²) >= 11 is 0. The van der Waals surface area contributed by atoms with E-state index in [0.29, 0.717) is 16.6 Å². The number of anilines is 1. The fourth-order valence-corrected chi connectivity index (χ4v) is 4.07. The van der Waals surface area contributed by atoms with Crippen molar-refractivity contribution in [3.05, 3.63) is 29.3 Å². The van der Waals surface area contributed by atoms with E-state index < -0.39 is 50.0 Å². The van der Waals surface area contributed by atoms with Gasteiger partial charge in [-0.2, -0.15) is 0 Å². The number of carbonyl (C=O) groups excluding carboxylic acids is 6. The van der Waals surface area contributed by atoms with Gasteiger partial charge < -0.3 is 41.5 Å². The van der Waals surface area contributed by atoms with E-state index in [1.54, 1.807) is 0 Å². The highest BCUT2D eigenvalue weighted by Gasteiger charge is 2.27. The standard InChI is InChI=1S/C26H42N7O11P/c1-18(31-23(36)14-30-22(35)13-27)25(38)32-20-7-6-19(15-42-17-34)21(12-20)26(39)29-9-8-28-24(37)16-44-45(40,41-5)43-11-10-33(2,3)4/h6-7,12,17-18H,8-11,13-16,27H2,1-5H3,(H4-,28,29,30,31,32,35,36,37,38,39)/p+1. The zero-order valence-electron chi connectivity index (χ0n) is 26.0. The van der Waals surface area contributed by atoms with Gasteiger partial charge in [0.05, 0.1) is 34.2 Å². The van der Waals surface area contributed by atoms with E-state index in [1.165, 1.54) is 25.1 Å². The predicted molar refractivity (Wildman–Crippen MR) is 160 cm³/mol. The molecule has 7 N–H and O–H groups in total. The van der Waals surface area contributed by atoms with Gasteiger partial charge in [0, 0.05) is 37.0 Å². The minimum absolute atomic E-state index is 0.0207. The number of likely N-dealkylation sites (N-methyl/N-ethyl adjacent to an activating group) is 1. The number of nitrogens with zero attached hydrogens (tertiary/aromatic N) is 1. The summed E-state index contributed by atoms with van der Waals surface area (Å²) in [5.41, 5.74) is 5.76. The average molecular weight is 661 g/mol. The first-order valence-electron chi connectivity index (χ1n) is 13.7. The van der Waals surface area contributed by atoms with E-state index in [-0.39, 0.29) is 57.1 Å². The molecule has 5 amide bonds. The molecular weight excluding hydrogens is 617 g/mol. The monoisotopic (exact) mass is 660 g/mol. The number of hydrogen-bond acceptors (Lipinski definition) is 12. The first-order valence-corrected chi connectivity index (χ1v) is 15.1. The van der Waals surface area contributed by atoms with E-state index in [2.05, 4.69) is 26.6 Å². The Morgan fingerprint density at radius 1 is 1.00 bits per heavy atom. The molecular formula is C26H43N7O11P+.